The number of aliphatic carboxylic acids is 1. The van der Waals surface area contributed by atoms with E-state index in [1.807, 2.05) is 24.3 Å². The van der Waals surface area contributed by atoms with E-state index in [-0.39, 0.29) is 42.9 Å². The smallest absolute Gasteiger partial charge is 0.370 e. The number of benzene rings is 2. The zero-order chi connectivity index (χ0) is 24.7. The molecule has 2 atom stereocenters. The van der Waals surface area contributed by atoms with Crippen LogP contribution in [-0.4, -0.2) is 68.6 Å². The Hall–Kier alpha value is -2.44. The molecule has 1 aliphatic rings. The standard InChI is InChI=1S/C23H26BrNO8S/c1-31-19-6-8-20(9-7-19)34(29,30)25(10-12-26)11-13-32-22-15-17(14-21(33-22)23(27)28)16-2-4-18(24)5-3-16/h2-9,14,17,22,26H,10-13,15H2,1H3,(H,27,28)/t17-,22+/m0/s1. The number of ether oxygens (including phenoxy) is 3. The summed E-state index contributed by atoms with van der Waals surface area (Å²) in [4.78, 5) is 11.6. The summed E-state index contributed by atoms with van der Waals surface area (Å²) < 4.78 is 44.3. The number of rotatable bonds is 11. The van der Waals surface area contributed by atoms with Gasteiger partial charge < -0.3 is 24.4 Å². The molecule has 2 aromatic carbocycles. The predicted octanol–water partition coefficient (Wildman–Crippen LogP) is 2.96. The molecule has 0 aromatic heterocycles. The number of hydrogen-bond acceptors (Lipinski definition) is 7. The Morgan fingerprint density at radius 2 is 1.82 bits per heavy atom. The van der Waals surface area contributed by atoms with Crippen molar-refractivity contribution in [3.8, 4) is 5.75 Å². The summed E-state index contributed by atoms with van der Waals surface area (Å²) in [5, 5.41) is 18.8. The quantitative estimate of drug-likeness (QED) is 0.433. The molecule has 2 aromatic rings. The van der Waals surface area contributed by atoms with E-state index in [2.05, 4.69) is 15.9 Å². The minimum Gasteiger partial charge on any atom is -0.497 e. The van der Waals surface area contributed by atoms with Crippen LogP contribution in [0, 0.1) is 0 Å². The lowest BCUT2D eigenvalue weighted by Gasteiger charge is -2.29. The van der Waals surface area contributed by atoms with Crippen LogP contribution in [0.1, 0.15) is 17.9 Å². The van der Waals surface area contributed by atoms with E-state index in [9.17, 15) is 23.4 Å². The monoisotopic (exact) mass is 555 g/mol. The molecule has 0 aliphatic carbocycles. The molecule has 1 aliphatic heterocycles. The van der Waals surface area contributed by atoms with Gasteiger partial charge in [-0.1, -0.05) is 28.1 Å². The topological polar surface area (TPSA) is 123 Å². The molecule has 0 bridgehead atoms. The van der Waals surface area contributed by atoms with Crippen molar-refractivity contribution < 1.29 is 37.6 Å². The first-order valence-electron chi connectivity index (χ1n) is 10.5. The molecule has 9 nitrogen and oxygen atoms in total. The Balaban J connectivity index is 1.67. The summed E-state index contributed by atoms with van der Waals surface area (Å²) in [7, 11) is -2.40. The van der Waals surface area contributed by atoms with Crippen LogP contribution in [0.2, 0.25) is 0 Å². The van der Waals surface area contributed by atoms with Crippen LogP contribution in [0.15, 0.2) is 69.7 Å². The number of aliphatic hydroxyl groups excluding tert-OH is 1. The van der Waals surface area contributed by atoms with E-state index >= 15 is 0 Å². The summed E-state index contributed by atoms with van der Waals surface area (Å²) in [6.07, 6.45) is 1.03. The van der Waals surface area contributed by atoms with Gasteiger partial charge in [0.15, 0.2) is 0 Å². The van der Waals surface area contributed by atoms with Crippen molar-refractivity contribution in [2.75, 3.05) is 33.4 Å². The number of nitrogens with zero attached hydrogens (tertiary/aromatic N) is 1. The summed E-state index contributed by atoms with van der Waals surface area (Å²) in [6, 6.07) is 13.4. The SMILES string of the molecule is COc1ccc(S(=O)(=O)N(CCO)CCO[C@H]2C[C@@H](c3ccc(Br)cc3)C=C(C(=O)O)O2)cc1. The maximum atomic E-state index is 13.0. The Labute approximate surface area is 206 Å². The van der Waals surface area contributed by atoms with Crippen LogP contribution < -0.4 is 4.74 Å². The number of carboxylic acid groups (broad SMARTS) is 1. The average molecular weight is 556 g/mol. The lowest BCUT2D eigenvalue weighted by atomic mass is 9.93. The van der Waals surface area contributed by atoms with Crippen molar-refractivity contribution in [2.45, 2.75) is 23.5 Å². The highest BCUT2D eigenvalue weighted by Gasteiger charge is 2.30. The average Bonchev–Trinajstić information content (AvgIpc) is 2.83. The molecular formula is C23H26BrNO8S. The molecule has 184 valence electrons. The van der Waals surface area contributed by atoms with Crippen LogP contribution >= 0.6 is 15.9 Å². The fourth-order valence-corrected chi connectivity index (χ4v) is 5.18. The van der Waals surface area contributed by atoms with Crippen molar-refractivity contribution in [2.24, 2.45) is 0 Å². The van der Waals surface area contributed by atoms with Crippen LogP contribution in [0.25, 0.3) is 0 Å². The first-order valence-corrected chi connectivity index (χ1v) is 12.7. The van der Waals surface area contributed by atoms with E-state index in [1.54, 1.807) is 12.1 Å². The first kappa shape index (κ1) is 26.2. The van der Waals surface area contributed by atoms with E-state index < -0.39 is 22.3 Å². The minimum atomic E-state index is -3.89. The second-order valence-corrected chi connectivity index (χ2v) is 10.3. The molecule has 0 radical (unpaired) electrons. The molecule has 2 N–H and O–H groups in total. The Bertz CT molecular complexity index is 1100. The number of allylic oxidation sites excluding steroid dienone is 1. The van der Waals surface area contributed by atoms with Crippen molar-refractivity contribution in [3.05, 3.63) is 70.4 Å². The van der Waals surface area contributed by atoms with Crippen molar-refractivity contribution in [1.82, 2.24) is 4.31 Å². The maximum absolute atomic E-state index is 13.0. The molecule has 0 saturated heterocycles. The van der Waals surface area contributed by atoms with Gasteiger partial charge in [0.05, 0.1) is 25.2 Å². The molecule has 11 heteroatoms. The number of methoxy groups -OCH3 is 1. The second kappa shape index (κ2) is 11.8. The third-order valence-corrected chi connectivity index (χ3v) is 7.70. The molecule has 0 fully saturated rings. The summed E-state index contributed by atoms with van der Waals surface area (Å²) >= 11 is 3.38. The number of hydrogen-bond donors (Lipinski definition) is 2. The highest BCUT2D eigenvalue weighted by atomic mass is 79.9. The third-order valence-electron chi connectivity index (χ3n) is 5.26. The molecule has 3 rings (SSSR count). The van der Waals surface area contributed by atoms with Gasteiger partial charge in [-0.25, -0.2) is 13.2 Å². The number of carbonyl (C=O) groups is 1. The Kier molecular flexibility index (Phi) is 9.09. The molecule has 0 unspecified atom stereocenters. The van der Waals surface area contributed by atoms with Crippen LogP contribution in [0.4, 0.5) is 0 Å². The van der Waals surface area contributed by atoms with E-state index in [0.717, 1.165) is 14.3 Å². The molecular weight excluding hydrogens is 530 g/mol. The second-order valence-electron chi connectivity index (χ2n) is 7.45. The zero-order valence-corrected chi connectivity index (χ0v) is 20.9. The zero-order valence-electron chi connectivity index (χ0n) is 18.5. The fraction of sp³-hybridized carbons (Fsp3) is 0.348. The van der Waals surface area contributed by atoms with Crippen molar-refractivity contribution >= 4 is 31.9 Å². The van der Waals surface area contributed by atoms with Crippen molar-refractivity contribution in [3.63, 3.8) is 0 Å². The van der Waals surface area contributed by atoms with Crippen LogP contribution in [-0.2, 0) is 24.3 Å². The molecule has 1 heterocycles. The van der Waals surface area contributed by atoms with Gasteiger partial charge in [-0.15, -0.1) is 0 Å². The summed E-state index contributed by atoms with van der Waals surface area (Å²) in [5.74, 6) is -1.15. The molecule has 0 amide bonds. The normalized spacial score (nSPS) is 18.3. The van der Waals surface area contributed by atoms with Crippen molar-refractivity contribution in [1.29, 1.82) is 0 Å². The summed E-state index contributed by atoms with van der Waals surface area (Å²) in [6.45, 7) is -0.595. The number of carboxylic acids is 1. The lowest BCUT2D eigenvalue weighted by molar-refractivity contribution is -0.157. The van der Waals surface area contributed by atoms with Gasteiger partial charge in [-0.3, -0.25) is 0 Å². The Morgan fingerprint density at radius 3 is 2.41 bits per heavy atom. The molecule has 0 saturated carbocycles. The third kappa shape index (κ3) is 6.57. The van der Waals surface area contributed by atoms with Gasteiger partial charge in [-0.05, 0) is 48.0 Å². The van der Waals surface area contributed by atoms with Gasteiger partial charge in [0, 0.05) is 29.9 Å². The molecule has 34 heavy (non-hydrogen) atoms. The van der Waals surface area contributed by atoms with E-state index in [1.165, 1.54) is 25.3 Å². The highest BCUT2D eigenvalue weighted by Crippen LogP contribution is 2.32. The number of sulfonamides is 1. The van der Waals surface area contributed by atoms with Gasteiger partial charge in [0.25, 0.3) is 0 Å². The van der Waals surface area contributed by atoms with Gasteiger partial charge in [-0.2, -0.15) is 4.31 Å². The number of halogens is 1. The van der Waals surface area contributed by atoms with Gasteiger partial charge in [0.1, 0.15) is 5.75 Å². The Morgan fingerprint density at radius 1 is 1.15 bits per heavy atom. The summed E-state index contributed by atoms with van der Waals surface area (Å²) in [5.41, 5.74) is 0.905. The predicted molar refractivity (Wildman–Crippen MR) is 127 cm³/mol. The maximum Gasteiger partial charge on any atom is 0.370 e. The molecule has 0 spiro atoms. The minimum absolute atomic E-state index is 0.0517. The fourth-order valence-electron chi connectivity index (χ4n) is 3.50. The first-order chi connectivity index (χ1) is 16.2. The van der Waals surface area contributed by atoms with Gasteiger partial charge >= 0.3 is 5.97 Å². The van der Waals surface area contributed by atoms with E-state index in [4.69, 9.17) is 14.2 Å². The highest BCUT2D eigenvalue weighted by molar-refractivity contribution is 9.10. The van der Waals surface area contributed by atoms with Crippen LogP contribution in [0.3, 0.4) is 0 Å². The van der Waals surface area contributed by atoms with Crippen LogP contribution in [0.5, 0.6) is 5.75 Å². The number of aliphatic hydroxyl groups is 1. The lowest BCUT2D eigenvalue weighted by Crippen LogP contribution is -2.37. The van der Waals surface area contributed by atoms with Gasteiger partial charge in [0.2, 0.25) is 22.1 Å². The van der Waals surface area contributed by atoms with E-state index in [0.29, 0.717) is 12.2 Å². The largest absolute Gasteiger partial charge is 0.497 e.